The summed E-state index contributed by atoms with van der Waals surface area (Å²) in [6.07, 6.45) is -3.27. The molecular weight excluding hydrogens is 333 g/mol. The smallest absolute Gasteiger partial charge is 0.416 e. The second-order valence-corrected chi connectivity index (χ2v) is 4.80. The molecule has 0 fully saturated rings. The molecule has 0 unspecified atom stereocenters. The number of hydrogen-bond donors (Lipinski definition) is 1. The number of rotatable bonds is 7. The topological polar surface area (TPSA) is 98.5 Å². The highest BCUT2D eigenvalue weighted by Gasteiger charge is 2.33. The zero-order valence-corrected chi connectivity index (χ0v) is 12.7. The summed E-state index contributed by atoms with van der Waals surface area (Å²) in [6.45, 7) is 1.18. The largest absolute Gasteiger partial charge is 0.456 e. The molecule has 0 heterocycles. The third-order valence-electron chi connectivity index (χ3n) is 2.89. The molecule has 1 aromatic carbocycles. The molecule has 10 heteroatoms. The van der Waals surface area contributed by atoms with Crippen molar-refractivity contribution in [3.05, 3.63) is 33.9 Å². The zero-order valence-electron chi connectivity index (χ0n) is 12.7. The van der Waals surface area contributed by atoms with Crippen LogP contribution in [0.5, 0.6) is 0 Å². The maximum absolute atomic E-state index is 12.6. The van der Waals surface area contributed by atoms with Crippen LogP contribution in [-0.2, 0) is 20.5 Å². The highest BCUT2D eigenvalue weighted by molar-refractivity contribution is 5.94. The number of esters is 1. The molecule has 0 atom stereocenters. The second kappa shape index (κ2) is 8.27. The molecule has 0 aliphatic heterocycles. The number of nitrogens with one attached hydrogen (secondary N) is 1. The number of halogens is 3. The molecule has 7 nitrogen and oxygen atoms in total. The van der Waals surface area contributed by atoms with Crippen molar-refractivity contribution in [3.8, 4) is 0 Å². The van der Waals surface area contributed by atoms with Gasteiger partial charge in [-0.05, 0) is 18.6 Å². The van der Waals surface area contributed by atoms with Crippen molar-refractivity contribution in [1.82, 2.24) is 0 Å². The zero-order chi connectivity index (χ0) is 18.3. The number of unbranched alkanes of at least 4 members (excludes halogenated alkanes) is 1. The van der Waals surface area contributed by atoms with Gasteiger partial charge in [-0.3, -0.25) is 19.7 Å². The number of benzene rings is 1. The van der Waals surface area contributed by atoms with Crippen LogP contribution in [0.3, 0.4) is 0 Å². The second-order valence-electron chi connectivity index (χ2n) is 4.80. The van der Waals surface area contributed by atoms with E-state index in [-0.39, 0.29) is 6.42 Å². The SMILES string of the molecule is CCCCC(=O)OCC(=O)Nc1ccc(C(F)(F)F)cc1[N+](=O)[O-]. The summed E-state index contributed by atoms with van der Waals surface area (Å²) in [5, 5.41) is 12.9. The summed E-state index contributed by atoms with van der Waals surface area (Å²) in [5.41, 5.74) is -2.53. The van der Waals surface area contributed by atoms with E-state index >= 15 is 0 Å². The first-order valence-electron chi connectivity index (χ1n) is 6.96. The third kappa shape index (κ3) is 5.86. The van der Waals surface area contributed by atoms with E-state index in [0.29, 0.717) is 18.6 Å². The lowest BCUT2D eigenvalue weighted by Gasteiger charge is -2.10. The minimum atomic E-state index is -4.75. The quantitative estimate of drug-likeness (QED) is 0.463. The van der Waals surface area contributed by atoms with Gasteiger partial charge in [-0.15, -0.1) is 0 Å². The van der Waals surface area contributed by atoms with Crippen molar-refractivity contribution >= 4 is 23.3 Å². The lowest BCUT2D eigenvalue weighted by atomic mass is 10.1. The van der Waals surface area contributed by atoms with Gasteiger partial charge in [0, 0.05) is 12.5 Å². The van der Waals surface area contributed by atoms with E-state index in [1.54, 1.807) is 0 Å². The normalized spacial score (nSPS) is 11.0. The fraction of sp³-hybridized carbons (Fsp3) is 0.429. The Kier molecular flexibility index (Phi) is 6.69. The van der Waals surface area contributed by atoms with E-state index < -0.39 is 46.5 Å². The molecule has 0 aliphatic carbocycles. The number of ether oxygens (including phenoxy) is 1. The Morgan fingerprint density at radius 3 is 2.54 bits per heavy atom. The lowest BCUT2D eigenvalue weighted by Crippen LogP contribution is -2.21. The molecule has 0 aromatic heterocycles. The van der Waals surface area contributed by atoms with Crippen molar-refractivity contribution in [2.45, 2.75) is 32.4 Å². The molecule has 0 saturated heterocycles. The molecule has 1 amide bonds. The van der Waals surface area contributed by atoms with Gasteiger partial charge in [-0.1, -0.05) is 13.3 Å². The van der Waals surface area contributed by atoms with Crippen LogP contribution >= 0.6 is 0 Å². The van der Waals surface area contributed by atoms with Crippen molar-refractivity contribution in [3.63, 3.8) is 0 Å². The summed E-state index contributed by atoms with van der Waals surface area (Å²) in [4.78, 5) is 32.7. The van der Waals surface area contributed by atoms with Gasteiger partial charge < -0.3 is 10.1 Å². The average molecular weight is 348 g/mol. The molecule has 0 saturated carbocycles. The number of nitro groups is 1. The summed E-state index contributed by atoms with van der Waals surface area (Å²) in [5.74, 6) is -1.49. The van der Waals surface area contributed by atoms with E-state index in [9.17, 15) is 32.9 Å². The first kappa shape index (κ1) is 19.4. The first-order chi connectivity index (χ1) is 11.1. The van der Waals surface area contributed by atoms with Gasteiger partial charge in [0.2, 0.25) is 0 Å². The molecular formula is C14H15F3N2O5. The minimum absolute atomic E-state index is 0.129. The molecule has 1 aromatic rings. The van der Waals surface area contributed by atoms with Crippen LogP contribution in [0.4, 0.5) is 24.5 Å². The Hall–Kier alpha value is -2.65. The van der Waals surface area contributed by atoms with Gasteiger partial charge in [0.1, 0.15) is 5.69 Å². The maximum atomic E-state index is 12.6. The molecule has 0 spiro atoms. The average Bonchev–Trinajstić information content (AvgIpc) is 2.49. The number of nitro benzene ring substituents is 1. The predicted octanol–water partition coefficient (Wildman–Crippen LogP) is 3.29. The monoisotopic (exact) mass is 348 g/mol. The molecule has 24 heavy (non-hydrogen) atoms. The van der Waals surface area contributed by atoms with E-state index in [1.165, 1.54) is 0 Å². The third-order valence-corrected chi connectivity index (χ3v) is 2.89. The van der Waals surface area contributed by atoms with Crippen molar-refractivity contribution < 1.29 is 32.4 Å². The predicted molar refractivity (Wildman–Crippen MR) is 77.2 cm³/mol. The van der Waals surface area contributed by atoms with Gasteiger partial charge >= 0.3 is 12.1 Å². The molecule has 1 rings (SSSR count). The summed E-state index contributed by atoms with van der Waals surface area (Å²) in [7, 11) is 0. The van der Waals surface area contributed by atoms with Crippen molar-refractivity contribution in [1.29, 1.82) is 0 Å². The Bertz CT molecular complexity index is 631. The number of nitrogens with zero attached hydrogens (tertiary/aromatic N) is 1. The van der Waals surface area contributed by atoms with Gasteiger partial charge in [0.05, 0.1) is 10.5 Å². The fourth-order valence-electron chi connectivity index (χ4n) is 1.69. The number of amides is 1. The molecule has 0 aliphatic rings. The highest BCUT2D eigenvalue weighted by atomic mass is 19.4. The van der Waals surface area contributed by atoms with Crippen LogP contribution < -0.4 is 5.32 Å². The number of carbonyl (C=O) groups is 2. The van der Waals surface area contributed by atoms with Gasteiger partial charge in [0.25, 0.3) is 11.6 Å². The Labute approximate surface area is 134 Å². The summed E-state index contributed by atoms with van der Waals surface area (Å²) >= 11 is 0. The van der Waals surface area contributed by atoms with Gasteiger partial charge in [0.15, 0.2) is 6.61 Å². The maximum Gasteiger partial charge on any atom is 0.416 e. The van der Waals surface area contributed by atoms with Crippen LogP contribution in [0.15, 0.2) is 18.2 Å². The molecule has 0 bridgehead atoms. The highest BCUT2D eigenvalue weighted by Crippen LogP contribution is 2.34. The Balaban J connectivity index is 2.78. The van der Waals surface area contributed by atoms with Gasteiger partial charge in [-0.25, -0.2) is 0 Å². The summed E-state index contributed by atoms with van der Waals surface area (Å²) < 4.78 is 42.4. The lowest BCUT2D eigenvalue weighted by molar-refractivity contribution is -0.384. The van der Waals surface area contributed by atoms with Gasteiger partial charge in [-0.2, -0.15) is 13.2 Å². The summed E-state index contributed by atoms with van der Waals surface area (Å²) in [6, 6.07) is 1.70. The fourth-order valence-corrected chi connectivity index (χ4v) is 1.69. The van der Waals surface area contributed by atoms with E-state index in [2.05, 4.69) is 10.1 Å². The van der Waals surface area contributed by atoms with Crippen LogP contribution in [0.25, 0.3) is 0 Å². The van der Waals surface area contributed by atoms with E-state index in [4.69, 9.17) is 0 Å². The molecule has 132 valence electrons. The van der Waals surface area contributed by atoms with Crippen molar-refractivity contribution in [2.75, 3.05) is 11.9 Å². The molecule has 0 radical (unpaired) electrons. The first-order valence-corrected chi connectivity index (χ1v) is 6.96. The number of alkyl halides is 3. The van der Waals surface area contributed by atoms with Crippen LogP contribution in [-0.4, -0.2) is 23.4 Å². The Morgan fingerprint density at radius 2 is 2.00 bits per heavy atom. The standard InChI is InChI=1S/C14H15F3N2O5/c1-2-3-4-13(21)24-8-12(20)18-10-6-5-9(14(15,16)17)7-11(10)19(22)23/h5-7H,2-4,8H2,1H3,(H,18,20). The van der Waals surface area contributed by atoms with E-state index in [1.807, 2.05) is 6.92 Å². The molecule has 1 N–H and O–H groups in total. The minimum Gasteiger partial charge on any atom is -0.456 e. The van der Waals surface area contributed by atoms with Crippen molar-refractivity contribution in [2.24, 2.45) is 0 Å². The number of hydrogen-bond acceptors (Lipinski definition) is 5. The van der Waals surface area contributed by atoms with Crippen LogP contribution in [0.2, 0.25) is 0 Å². The Morgan fingerprint density at radius 1 is 1.33 bits per heavy atom. The van der Waals surface area contributed by atoms with E-state index in [0.717, 1.165) is 12.5 Å². The van der Waals surface area contributed by atoms with Crippen LogP contribution in [0.1, 0.15) is 31.7 Å². The number of carbonyl (C=O) groups excluding carboxylic acids is 2. The van der Waals surface area contributed by atoms with Crippen LogP contribution in [0, 0.1) is 10.1 Å². The number of anilines is 1.